The number of rotatable bonds is 9. The van der Waals surface area contributed by atoms with Gasteiger partial charge in [-0.05, 0) is 54.7 Å². The summed E-state index contributed by atoms with van der Waals surface area (Å²) >= 11 is 0. The normalized spacial score (nSPS) is 18.2. The number of hydrogen-bond donors (Lipinski definition) is 3. The summed E-state index contributed by atoms with van der Waals surface area (Å²) in [6.45, 7) is 2.22. The van der Waals surface area contributed by atoms with Crippen LogP contribution in [-0.4, -0.2) is 58.0 Å². The zero-order valence-corrected chi connectivity index (χ0v) is 22.1. The molecule has 2 fully saturated rings. The SMILES string of the molecule is Cc1cccc(NC(=O)N2CCN(C(=O)CCC3CCCC3)C2C(=O)NC(CC(=O)O)c2ccc(F)cc2)c1. The van der Waals surface area contributed by atoms with Crippen LogP contribution in [0.25, 0.3) is 0 Å². The molecule has 1 heterocycles. The van der Waals surface area contributed by atoms with Crippen molar-refractivity contribution < 1.29 is 28.7 Å². The predicted octanol–water partition coefficient (Wildman–Crippen LogP) is 4.44. The number of carboxylic acids is 1. The molecule has 0 spiro atoms. The van der Waals surface area contributed by atoms with Gasteiger partial charge in [-0.3, -0.25) is 19.3 Å². The molecule has 3 N–H and O–H groups in total. The largest absolute Gasteiger partial charge is 0.481 e. The Hall–Kier alpha value is -3.95. The Kier molecular flexibility index (Phi) is 9.16. The van der Waals surface area contributed by atoms with Gasteiger partial charge in [-0.2, -0.15) is 0 Å². The summed E-state index contributed by atoms with van der Waals surface area (Å²) in [5.41, 5.74) is 1.91. The van der Waals surface area contributed by atoms with Gasteiger partial charge in [0.15, 0.2) is 6.17 Å². The number of carbonyl (C=O) groups is 4. The molecule has 0 aromatic heterocycles. The van der Waals surface area contributed by atoms with Crippen LogP contribution >= 0.6 is 0 Å². The molecule has 10 heteroatoms. The van der Waals surface area contributed by atoms with Gasteiger partial charge in [-0.15, -0.1) is 0 Å². The molecule has 1 aliphatic heterocycles. The van der Waals surface area contributed by atoms with Crippen molar-refractivity contribution in [3.8, 4) is 0 Å². The first-order chi connectivity index (χ1) is 18.7. The maximum Gasteiger partial charge on any atom is 0.323 e. The molecule has 1 aliphatic carbocycles. The first-order valence-electron chi connectivity index (χ1n) is 13.4. The molecule has 1 saturated carbocycles. The number of nitrogens with one attached hydrogen (secondary N) is 2. The monoisotopic (exact) mass is 538 g/mol. The zero-order valence-electron chi connectivity index (χ0n) is 22.1. The van der Waals surface area contributed by atoms with E-state index >= 15 is 0 Å². The van der Waals surface area contributed by atoms with Gasteiger partial charge in [0.1, 0.15) is 5.82 Å². The van der Waals surface area contributed by atoms with Gasteiger partial charge in [0.2, 0.25) is 5.91 Å². The highest BCUT2D eigenvalue weighted by Gasteiger charge is 2.43. The Bertz CT molecular complexity index is 1200. The van der Waals surface area contributed by atoms with E-state index in [0.717, 1.165) is 37.7 Å². The van der Waals surface area contributed by atoms with Crippen LogP contribution in [0, 0.1) is 18.7 Å². The smallest absolute Gasteiger partial charge is 0.323 e. The topological polar surface area (TPSA) is 119 Å². The average molecular weight is 539 g/mol. The van der Waals surface area contributed by atoms with Gasteiger partial charge in [0.05, 0.1) is 12.5 Å². The average Bonchev–Trinajstić information content (AvgIpc) is 3.57. The zero-order chi connectivity index (χ0) is 27.9. The molecule has 2 aromatic rings. The van der Waals surface area contributed by atoms with Crippen LogP contribution in [-0.2, 0) is 14.4 Å². The Morgan fingerprint density at radius 3 is 2.38 bits per heavy atom. The van der Waals surface area contributed by atoms with Crippen LogP contribution in [0.1, 0.15) is 62.1 Å². The number of carboxylic acid groups (broad SMARTS) is 1. The fraction of sp³-hybridized carbons (Fsp3) is 0.448. The fourth-order valence-electron chi connectivity index (χ4n) is 5.44. The van der Waals surface area contributed by atoms with Crippen molar-refractivity contribution in [3.63, 3.8) is 0 Å². The molecule has 208 valence electrons. The molecule has 0 bridgehead atoms. The summed E-state index contributed by atoms with van der Waals surface area (Å²) in [5, 5.41) is 15.0. The third kappa shape index (κ3) is 7.34. The van der Waals surface area contributed by atoms with Gasteiger partial charge < -0.3 is 20.6 Å². The molecule has 9 nitrogen and oxygen atoms in total. The first-order valence-corrected chi connectivity index (χ1v) is 13.4. The lowest BCUT2D eigenvalue weighted by molar-refractivity contribution is -0.142. The molecule has 2 aromatic carbocycles. The molecule has 0 radical (unpaired) electrons. The van der Waals surface area contributed by atoms with E-state index in [1.807, 2.05) is 13.0 Å². The van der Waals surface area contributed by atoms with Gasteiger partial charge in [0.25, 0.3) is 5.91 Å². The van der Waals surface area contributed by atoms with Crippen LogP contribution < -0.4 is 10.6 Å². The number of nitrogens with zero attached hydrogens (tertiary/aromatic N) is 2. The third-order valence-corrected chi connectivity index (χ3v) is 7.47. The standard InChI is InChI=1S/C29H35FN4O5/c1-19-5-4-8-23(17-19)31-29(39)34-16-15-33(25(35)14-9-20-6-2-3-7-20)28(34)27(38)32-24(18-26(36)37)21-10-12-22(30)13-11-21/h4-5,8,10-13,17,20,24,28H,2-3,6-7,9,14-16,18H2,1H3,(H,31,39)(H,32,38)(H,36,37). The van der Waals surface area contributed by atoms with E-state index in [0.29, 0.717) is 17.2 Å². The van der Waals surface area contributed by atoms with E-state index in [2.05, 4.69) is 10.6 Å². The second kappa shape index (κ2) is 12.7. The highest BCUT2D eigenvalue weighted by molar-refractivity contribution is 5.96. The van der Waals surface area contributed by atoms with Crippen molar-refractivity contribution in [2.45, 2.75) is 64.1 Å². The van der Waals surface area contributed by atoms with Crippen molar-refractivity contribution in [3.05, 3.63) is 65.5 Å². The maximum absolute atomic E-state index is 13.7. The summed E-state index contributed by atoms with van der Waals surface area (Å²) in [6, 6.07) is 10.9. The van der Waals surface area contributed by atoms with Crippen LogP contribution in [0.2, 0.25) is 0 Å². The fourth-order valence-corrected chi connectivity index (χ4v) is 5.44. The highest BCUT2D eigenvalue weighted by Crippen LogP contribution is 2.30. The summed E-state index contributed by atoms with van der Waals surface area (Å²) < 4.78 is 13.5. The van der Waals surface area contributed by atoms with Crippen molar-refractivity contribution in [1.29, 1.82) is 0 Å². The number of carbonyl (C=O) groups excluding carboxylic acids is 3. The summed E-state index contributed by atoms with van der Waals surface area (Å²) in [6.07, 6.45) is 3.82. The van der Waals surface area contributed by atoms with E-state index in [9.17, 15) is 28.7 Å². The van der Waals surface area contributed by atoms with Gasteiger partial charge in [-0.1, -0.05) is 49.9 Å². The lowest BCUT2D eigenvalue weighted by Crippen LogP contribution is -2.55. The molecule has 2 unspecified atom stereocenters. The number of anilines is 1. The van der Waals surface area contributed by atoms with Crippen molar-refractivity contribution >= 4 is 29.5 Å². The predicted molar refractivity (Wildman–Crippen MR) is 143 cm³/mol. The summed E-state index contributed by atoms with van der Waals surface area (Å²) in [5.74, 6) is -2.05. The lowest BCUT2D eigenvalue weighted by atomic mass is 10.0. The quantitative estimate of drug-likeness (QED) is 0.436. The van der Waals surface area contributed by atoms with Crippen LogP contribution in [0.4, 0.5) is 14.9 Å². The minimum absolute atomic E-state index is 0.144. The van der Waals surface area contributed by atoms with E-state index in [1.165, 1.54) is 34.1 Å². The Morgan fingerprint density at radius 2 is 1.72 bits per heavy atom. The number of benzene rings is 2. The van der Waals surface area contributed by atoms with Crippen molar-refractivity contribution in [1.82, 2.24) is 15.1 Å². The van der Waals surface area contributed by atoms with E-state index in [4.69, 9.17) is 0 Å². The highest BCUT2D eigenvalue weighted by atomic mass is 19.1. The van der Waals surface area contributed by atoms with Crippen LogP contribution in [0.15, 0.2) is 48.5 Å². The summed E-state index contributed by atoms with van der Waals surface area (Å²) in [4.78, 5) is 54.6. The lowest BCUT2D eigenvalue weighted by Gasteiger charge is -2.31. The van der Waals surface area contributed by atoms with E-state index in [-0.39, 0.29) is 25.4 Å². The van der Waals surface area contributed by atoms with Crippen molar-refractivity contribution in [2.24, 2.45) is 5.92 Å². The first kappa shape index (κ1) is 28.1. The molecular formula is C29H35FN4O5. The maximum atomic E-state index is 13.7. The Balaban J connectivity index is 1.55. The molecule has 4 amide bonds. The molecular weight excluding hydrogens is 503 g/mol. The van der Waals surface area contributed by atoms with Gasteiger partial charge in [-0.25, -0.2) is 9.18 Å². The van der Waals surface area contributed by atoms with E-state index < -0.39 is 42.4 Å². The molecule has 2 atom stereocenters. The number of aryl methyl sites for hydroxylation is 1. The molecule has 39 heavy (non-hydrogen) atoms. The second-order valence-corrected chi connectivity index (χ2v) is 10.4. The molecule has 1 saturated heterocycles. The second-order valence-electron chi connectivity index (χ2n) is 10.4. The number of halogens is 1. The minimum atomic E-state index is -1.25. The number of hydrogen-bond acceptors (Lipinski definition) is 4. The van der Waals surface area contributed by atoms with Crippen LogP contribution in [0.5, 0.6) is 0 Å². The van der Waals surface area contributed by atoms with Crippen LogP contribution in [0.3, 0.4) is 0 Å². The molecule has 2 aliphatic rings. The number of amides is 4. The third-order valence-electron chi connectivity index (χ3n) is 7.47. The molecule has 4 rings (SSSR count). The number of urea groups is 1. The minimum Gasteiger partial charge on any atom is -0.481 e. The van der Waals surface area contributed by atoms with E-state index in [1.54, 1.807) is 18.2 Å². The van der Waals surface area contributed by atoms with Gasteiger partial charge in [0, 0.05) is 25.2 Å². The van der Waals surface area contributed by atoms with Gasteiger partial charge >= 0.3 is 12.0 Å². The Labute approximate surface area is 227 Å². The summed E-state index contributed by atoms with van der Waals surface area (Å²) in [7, 11) is 0. The number of aliphatic carboxylic acids is 1. The Morgan fingerprint density at radius 1 is 1.03 bits per heavy atom. The van der Waals surface area contributed by atoms with Crippen molar-refractivity contribution in [2.75, 3.05) is 18.4 Å².